The minimum atomic E-state index is -4.67. The van der Waals surface area contributed by atoms with Gasteiger partial charge in [-0.2, -0.15) is 18.3 Å². The van der Waals surface area contributed by atoms with Crippen LogP contribution in [-0.4, -0.2) is 50.6 Å². The summed E-state index contributed by atoms with van der Waals surface area (Å²) in [6.07, 6.45) is -0.773. The van der Waals surface area contributed by atoms with Crippen molar-refractivity contribution in [2.75, 3.05) is 7.05 Å². The number of halogens is 3. The lowest BCUT2D eigenvalue weighted by molar-refractivity contribution is -0.142. The molecule has 0 radical (unpaired) electrons. The Morgan fingerprint density at radius 2 is 1.71 bits per heavy atom. The number of benzene rings is 2. The van der Waals surface area contributed by atoms with E-state index in [1.54, 1.807) is 6.07 Å². The SMILES string of the molecule is CN1[C@@H]2CC[C@@H]1CC(NC(=O)c1cc3nc(-c4ccc5ccccc5c4)cc(C(F)(F)F)n3n1)C2. The third kappa shape index (κ3) is 3.93. The van der Waals surface area contributed by atoms with Crippen LogP contribution in [0, 0.1) is 0 Å². The molecule has 6 nitrogen and oxygen atoms in total. The number of hydrogen-bond acceptors (Lipinski definition) is 4. The van der Waals surface area contributed by atoms with Crippen molar-refractivity contribution in [1.82, 2.24) is 24.8 Å². The van der Waals surface area contributed by atoms with Crippen LogP contribution in [-0.2, 0) is 6.18 Å². The van der Waals surface area contributed by atoms with Crippen molar-refractivity contribution in [2.45, 2.75) is 50.0 Å². The van der Waals surface area contributed by atoms with E-state index in [4.69, 9.17) is 0 Å². The van der Waals surface area contributed by atoms with Gasteiger partial charge in [0.1, 0.15) is 0 Å². The lowest BCUT2D eigenvalue weighted by Crippen LogP contribution is -2.48. The monoisotopic (exact) mass is 479 g/mol. The largest absolute Gasteiger partial charge is 0.433 e. The second-order valence-corrected chi connectivity index (χ2v) is 9.58. The van der Waals surface area contributed by atoms with Gasteiger partial charge in [0.2, 0.25) is 0 Å². The van der Waals surface area contributed by atoms with Crippen molar-refractivity contribution in [3.05, 3.63) is 66.0 Å². The number of alkyl halides is 3. The van der Waals surface area contributed by atoms with Crippen molar-refractivity contribution < 1.29 is 18.0 Å². The number of carbonyl (C=O) groups is 1. The van der Waals surface area contributed by atoms with Crippen molar-refractivity contribution in [2.24, 2.45) is 0 Å². The summed E-state index contributed by atoms with van der Waals surface area (Å²) in [4.78, 5) is 19.7. The zero-order valence-corrected chi connectivity index (χ0v) is 19.1. The smallest absolute Gasteiger partial charge is 0.348 e. The van der Waals surface area contributed by atoms with E-state index in [1.807, 2.05) is 36.4 Å². The van der Waals surface area contributed by atoms with Gasteiger partial charge < -0.3 is 10.2 Å². The van der Waals surface area contributed by atoms with E-state index < -0.39 is 17.8 Å². The summed E-state index contributed by atoms with van der Waals surface area (Å²) >= 11 is 0. The van der Waals surface area contributed by atoms with Gasteiger partial charge in [-0.15, -0.1) is 0 Å². The summed E-state index contributed by atoms with van der Waals surface area (Å²) < 4.78 is 42.7. The zero-order chi connectivity index (χ0) is 24.3. The maximum absolute atomic E-state index is 14.0. The van der Waals surface area contributed by atoms with Crippen molar-refractivity contribution in [3.63, 3.8) is 0 Å². The van der Waals surface area contributed by atoms with E-state index in [1.165, 1.54) is 6.07 Å². The number of hydrogen-bond donors (Lipinski definition) is 1. The van der Waals surface area contributed by atoms with Crippen LogP contribution in [0.5, 0.6) is 0 Å². The summed E-state index contributed by atoms with van der Waals surface area (Å²) in [5.41, 5.74) is -0.316. The van der Waals surface area contributed by atoms with Crippen LogP contribution in [0.4, 0.5) is 13.2 Å². The van der Waals surface area contributed by atoms with Gasteiger partial charge in [0.05, 0.1) is 5.69 Å². The summed E-state index contributed by atoms with van der Waals surface area (Å²) in [5.74, 6) is -0.468. The standard InChI is InChI=1S/C26H24F3N5O/c1-33-19-8-9-20(33)12-18(11-19)30-25(35)22-14-24-31-21(13-23(26(27,28)29)34(24)32-22)17-7-6-15-4-2-3-5-16(15)10-17/h2-7,10,13-14,18-20H,8-9,11-12H2,1H3,(H,30,35)/t19-,20-/m1/s1. The van der Waals surface area contributed by atoms with Crippen LogP contribution in [0.15, 0.2) is 54.6 Å². The third-order valence-corrected chi connectivity index (χ3v) is 7.43. The predicted octanol–water partition coefficient (Wildman–Crippen LogP) is 4.92. The fourth-order valence-corrected chi connectivity index (χ4v) is 5.57. The first-order valence-electron chi connectivity index (χ1n) is 11.8. The number of aromatic nitrogens is 3. The van der Waals surface area contributed by atoms with Gasteiger partial charge in [0, 0.05) is 29.8 Å². The molecule has 0 spiro atoms. The molecule has 2 aliphatic heterocycles. The third-order valence-electron chi connectivity index (χ3n) is 7.43. The molecule has 9 heteroatoms. The Morgan fingerprint density at radius 3 is 2.43 bits per heavy atom. The quantitative estimate of drug-likeness (QED) is 0.453. The van der Waals surface area contributed by atoms with E-state index in [-0.39, 0.29) is 23.1 Å². The first-order valence-corrected chi connectivity index (χ1v) is 11.8. The van der Waals surface area contributed by atoms with Crippen LogP contribution in [0.25, 0.3) is 27.7 Å². The molecule has 1 N–H and O–H groups in total. The molecule has 2 atom stereocenters. The van der Waals surface area contributed by atoms with Crippen molar-refractivity contribution in [3.8, 4) is 11.3 Å². The highest BCUT2D eigenvalue weighted by Crippen LogP contribution is 2.35. The second-order valence-electron chi connectivity index (χ2n) is 9.58. The average molecular weight is 480 g/mol. The maximum Gasteiger partial charge on any atom is 0.433 e. The molecular formula is C26H24F3N5O. The molecule has 6 rings (SSSR count). The Balaban J connectivity index is 1.35. The zero-order valence-electron chi connectivity index (χ0n) is 19.1. The van der Waals surface area contributed by atoms with Gasteiger partial charge in [0.25, 0.3) is 5.91 Å². The highest BCUT2D eigenvalue weighted by Gasteiger charge is 2.39. The minimum Gasteiger partial charge on any atom is -0.348 e. The van der Waals surface area contributed by atoms with Gasteiger partial charge in [0.15, 0.2) is 17.0 Å². The Labute approximate surface area is 199 Å². The lowest BCUT2D eigenvalue weighted by Gasteiger charge is -2.36. The summed E-state index contributed by atoms with van der Waals surface area (Å²) in [7, 11) is 2.11. The molecule has 2 fully saturated rings. The van der Waals surface area contributed by atoms with Crippen LogP contribution in [0.3, 0.4) is 0 Å². The molecule has 1 amide bonds. The fourth-order valence-electron chi connectivity index (χ4n) is 5.57. The molecule has 2 bridgehead atoms. The van der Waals surface area contributed by atoms with E-state index in [9.17, 15) is 18.0 Å². The maximum atomic E-state index is 14.0. The molecule has 2 saturated heterocycles. The normalized spacial score (nSPS) is 22.7. The molecule has 180 valence electrons. The lowest BCUT2D eigenvalue weighted by atomic mass is 9.98. The Hall–Kier alpha value is -3.46. The number of fused-ring (bicyclic) bond motifs is 4. The second kappa shape index (κ2) is 8.05. The number of carbonyl (C=O) groups excluding carboxylic acids is 1. The fraction of sp³-hybridized carbons (Fsp3) is 0.346. The molecule has 4 heterocycles. The van der Waals surface area contributed by atoms with E-state index in [2.05, 4.69) is 27.3 Å². The molecule has 0 unspecified atom stereocenters. The first kappa shape index (κ1) is 22.0. The number of nitrogens with zero attached hydrogens (tertiary/aromatic N) is 4. The summed E-state index contributed by atoms with van der Waals surface area (Å²) in [5, 5.41) is 8.89. The highest BCUT2D eigenvalue weighted by atomic mass is 19.4. The number of rotatable bonds is 3. The summed E-state index contributed by atoms with van der Waals surface area (Å²) in [6.45, 7) is 0. The highest BCUT2D eigenvalue weighted by molar-refractivity contribution is 5.93. The van der Waals surface area contributed by atoms with Gasteiger partial charge in [-0.05, 0) is 55.6 Å². The number of nitrogens with one attached hydrogen (secondary N) is 1. The summed E-state index contributed by atoms with van der Waals surface area (Å²) in [6, 6.07) is 16.2. The number of piperidine rings is 1. The van der Waals surface area contributed by atoms with E-state index in [0.717, 1.165) is 47.0 Å². The molecule has 2 aromatic carbocycles. The molecule has 0 aliphatic carbocycles. The minimum absolute atomic E-state index is 0.00998. The van der Waals surface area contributed by atoms with Gasteiger partial charge in [-0.25, -0.2) is 9.50 Å². The van der Waals surface area contributed by atoms with E-state index >= 15 is 0 Å². The topological polar surface area (TPSA) is 62.5 Å². The average Bonchev–Trinajstić information content (AvgIpc) is 3.34. The first-order chi connectivity index (χ1) is 16.8. The molecule has 35 heavy (non-hydrogen) atoms. The molecule has 0 saturated carbocycles. The van der Waals surface area contributed by atoms with Crippen molar-refractivity contribution in [1.29, 1.82) is 0 Å². The van der Waals surface area contributed by atoms with Crippen LogP contribution < -0.4 is 5.32 Å². The molecular weight excluding hydrogens is 455 g/mol. The van der Waals surface area contributed by atoms with Gasteiger partial charge >= 0.3 is 6.18 Å². The predicted molar refractivity (Wildman–Crippen MR) is 126 cm³/mol. The Morgan fingerprint density at radius 1 is 1.00 bits per heavy atom. The Bertz CT molecular complexity index is 1430. The van der Waals surface area contributed by atoms with E-state index in [0.29, 0.717) is 17.6 Å². The molecule has 2 aromatic heterocycles. The van der Waals surface area contributed by atoms with Crippen LogP contribution in [0.1, 0.15) is 41.9 Å². The molecule has 2 aliphatic rings. The van der Waals surface area contributed by atoms with Gasteiger partial charge in [-0.1, -0.05) is 36.4 Å². The number of amides is 1. The van der Waals surface area contributed by atoms with Crippen molar-refractivity contribution >= 4 is 22.3 Å². The van der Waals surface area contributed by atoms with Crippen LogP contribution >= 0.6 is 0 Å². The van der Waals surface area contributed by atoms with Gasteiger partial charge in [-0.3, -0.25) is 4.79 Å². The Kier molecular flexibility index (Phi) is 5.07. The molecule has 4 aromatic rings. The van der Waals surface area contributed by atoms with Crippen LogP contribution in [0.2, 0.25) is 0 Å².